The van der Waals surface area contributed by atoms with Crippen molar-refractivity contribution in [3.8, 4) is 0 Å². The van der Waals surface area contributed by atoms with Gasteiger partial charge < -0.3 is 10.6 Å². The molecule has 0 bridgehead atoms. The Balaban J connectivity index is 1.67. The zero-order valence-electron chi connectivity index (χ0n) is 12.0. The number of para-hydroxylation sites is 2. The molecule has 3 aromatic rings. The van der Waals surface area contributed by atoms with Gasteiger partial charge in [0.05, 0.1) is 11.4 Å². The van der Waals surface area contributed by atoms with E-state index in [2.05, 4.69) is 34.9 Å². The highest BCUT2D eigenvalue weighted by Crippen LogP contribution is 2.28. The number of carbonyl (C=O) groups is 1. The highest BCUT2D eigenvalue weighted by Gasteiger charge is 2.25. The average Bonchev–Trinajstić information content (AvgIpc) is 2.56. The number of amides is 1. The largest absolute Gasteiger partial charge is 0.372 e. The van der Waals surface area contributed by atoms with Gasteiger partial charge in [-0.3, -0.25) is 4.79 Å². The fraction of sp³-hybridized carbons (Fsp3) is 0.105. The van der Waals surface area contributed by atoms with Crippen LogP contribution < -0.4 is 10.6 Å². The first-order valence-corrected chi connectivity index (χ1v) is 7.44. The predicted molar refractivity (Wildman–Crippen MR) is 90.1 cm³/mol. The first-order chi connectivity index (χ1) is 10.8. The standard InChI is InChI=1S/C19H16N2O/c22-19-18(20-16-10-3-4-11-17(16)21-19)12-14-8-5-7-13-6-1-2-9-15(13)14/h1-11,18,20H,12H2,(H,21,22)/t18-/m1/s1. The first kappa shape index (κ1) is 12.9. The van der Waals surface area contributed by atoms with Gasteiger partial charge in [0.25, 0.3) is 0 Å². The van der Waals surface area contributed by atoms with Crippen LogP contribution in [0.15, 0.2) is 66.7 Å². The van der Waals surface area contributed by atoms with Crippen molar-refractivity contribution in [2.75, 3.05) is 10.6 Å². The van der Waals surface area contributed by atoms with E-state index in [0.29, 0.717) is 6.42 Å². The summed E-state index contributed by atoms with van der Waals surface area (Å²) in [6.45, 7) is 0. The number of benzene rings is 3. The molecule has 3 nitrogen and oxygen atoms in total. The van der Waals surface area contributed by atoms with E-state index in [4.69, 9.17) is 0 Å². The van der Waals surface area contributed by atoms with Gasteiger partial charge in [0, 0.05) is 6.42 Å². The Labute approximate surface area is 129 Å². The quantitative estimate of drug-likeness (QED) is 0.752. The highest BCUT2D eigenvalue weighted by molar-refractivity contribution is 6.03. The second-order valence-corrected chi connectivity index (χ2v) is 5.57. The Kier molecular flexibility index (Phi) is 3.04. The molecule has 0 aromatic heterocycles. The molecule has 1 amide bonds. The van der Waals surface area contributed by atoms with E-state index in [-0.39, 0.29) is 11.9 Å². The van der Waals surface area contributed by atoms with Crippen LogP contribution in [0.25, 0.3) is 10.8 Å². The Morgan fingerprint density at radius 2 is 1.55 bits per heavy atom. The van der Waals surface area contributed by atoms with Crippen LogP contribution in [0.1, 0.15) is 5.56 Å². The molecule has 0 saturated heterocycles. The number of carbonyl (C=O) groups excluding carboxylic acids is 1. The van der Waals surface area contributed by atoms with Gasteiger partial charge in [-0.2, -0.15) is 0 Å². The summed E-state index contributed by atoms with van der Waals surface area (Å²) in [5.41, 5.74) is 3.01. The van der Waals surface area contributed by atoms with E-state index in [1.54, 1.807) is 0 Å². The summed E-state index contributed by atoms with van der Waals surface area (Å²) < 4.78 is 0. The van der Waals surface area contributed by atoms with Crippen molar-refractivity contribution in [2.24, 2.45) is 0 Å². The summed E-state index contributed by atoms with van der Waals surface area (Å²) in [6, 6.07) is 22.1. The van der Waals surface area contributed by atoms with Crippen LogP contribution in [0.2, 0.25) is 0 Å². The van der Waals surface area contributed by atoms with Gasteiger partial charge in [-0.25, -0.2) is 0 Å². The molecular formula is C19H16N2O. The van der Waals surface area contributed by atoms with Gasteiger partial charge in [-0.05, 0) is 28.5 Å². The SMILES string of the molecule is O=C1Nc2ccccc2N[C@@H]1Cc1cccc2ccccc12. The minimum absolute atomic E-state index is 0.0200. The summed E-state index contributed by atoms with van der Waals surface area (Å²) in [6.07, 6.45) is 0.668. The molecule has 1 heterocycles. The summed E-state index contributed by atoms with van der Waals surface area (Å²) >= 11 is 0. The molecule has 4 rings (SSSR count). The third-order valence-electron chi connectivity index (χ3n) is 4.14. The van der Waals surface area contributed by atoms with Crippen molar-refractivity contribution in [3.05, 3.63) is 72.3 Å². The Morgan fingerprint density at radius 1 is 0.818 bits per heavy atom. The number of hydrogen-bond acceptors (Lipinski definition) is 2. The molecule has 1 atom stereocenters. The number of hydrogen-bond donors (Lipinski definition) is 2. The van der Waals surface area contributed by atoms with Gasteiger partial charge in [-0.15, -0.1) is 0 Å². The Morgan fingerprint density at radius 3 is 2.45 bits per heavy atom. The molecule has 22 heavy (non-hydrogen) atoms. The number of fused-ring (bicyclic) bond motifs is 2. The fourth-order valence-electron chi connectivity index (χ4n) is 3.03. The molecule has 2 N–H and O–H groups in total. The zero-order valence-corrected chi connectivity index (χ0v) is 12.0. The zero-order chi connectivity index (χ0) is 14.9. The second kappa shape index (κ2) is 5.19. The Bertz CT molecular complexity index is 851. The van der Waals surface area contributed by atoms with E-state index in [9.17, 15) is 4.79 Å². The van der Waals surface area contributed by atoms with Crippen LogP contribution in [-0.2, 0) is 11.2 Å². The van der Waals surface area contributed by atoms with Crippen LogP contribution in [0.5, 0.6) is 0 Å². The van der Waals surface area contributed by atoms with Crippen LogP contribution >= 0.6 is 0 Å². The molecular weight excluding hydrogens is 272 g/mol. The van der Waals surface area contributed by atoms with E-state index >= 15 is 0 Å². The van der Waals surface area contributed by atoms with Crippen LogP contribution in [0.4, 0.5) is 11.4 Å². The summed E-state index contributed by atoms with van der Waals surface area (Å²) in [4.78, 5) is 12.3. The van der Waals surface area contributed by atoms with Gasteiger partial charge in [-0.1, -0.05) is 54.6 Å². The predicted octanol–water partition coefficient (Wildman–Crippen LogP) is 3.82. The maximum absolute atomic E-state index is 12.3. The second-order valence-electron chi connectivity index (χ2n) is 5.57. The van der Waals surface area contributed by atoms with Crippen molar-refractivity contribution < 1.29 is 4.79 Å². The first-order valence-electron chi connectivity index (χ1n) is 7.44. The topological polar surface area (TPSA) is 41.1 Å². The van der Waals surface area contributed by atoms with Crippen LogP contribution in [0, 0.1) is 0 Å². The summed E-state index contributed by atoms with van der Waals surface area (Å²) in [5, 5.41) is 8.74. The molecule has 3 heteroatoms. The number of anilines is 2. The molecule has 0 saturated carbocycles. The molecule has 0 spiro atoms. The minimum Gasteiger partial charge on any atom is -0.372 e. The van der Waals surface area contributed by atoms with Crippen LogP contribution in [0.3, 0.4) is 0 Å². The van der Waals surface area contributed by atoms with E-state index in [1.807, 2.05) is 42.5 Å². The normalized spacial score (nSPS) is 16.7. The fourth-order valence-corrected chi connectivity index (χ4v) is 3.03. The van der Waals surface area contributed by atoms with Crippen LogP contribution in [-0.4, -0.2) is 11.9 Å². The van der Waals surface area contributed by atoms with Crippen molar-refractivity contribution in [3.63, 3.8) is 0 Å². The Hall–Kier alpha value is -2.81. The lowest BCUT2D eigenvalue weighted by Gasteiger charge is -2.27. The molecule has 0 aliphatic carbocycles. The van der Waals surface area contributed by atoms with Gasteiger partial charge >= 0.3 is 0 Å². The summed E-state index contributed by atoms with van der Waals surface area (Å²) in [5.74, 6) is 0.0200. The van der Waals surface area contributed by atoms with E-state index < -0.39 is 0 Å². The van der Waals surface area contributed by atoms with E-state index in [0.717, 1.165) is 11.4 Å². The maximum atomic E-state index is 12.3. The maximum Gasteiger partial charge on any atom is 0.247 e. The lowest BCUT2D eigenvalue weighted by Crippen LogP contribution is -2.40. The lowest BCUT2D eigenvalue weighted by molar-refractivity contribution is -0.117. The van der Waals surface area contributed by atoms with Crippen molar-refractivity contribution >= 4 is 28.1 Å². The molecule has 108 valence electrons. The van der Waals surface area contributed by atoms with Crippen molar-refractivity contribution in [1.82, 2.24) is 0 Å². The molecule has 3 aromatic carbocycles. The third-order valence-corrected chi connectivity index (χ3v) is 4.14. The van der Waals surface area contributed by atoms with Gasteiger partial charge in [0.1, 0.15) is 6.04 Å². The number of nitrogens with one attached hydrogen (secondary N) is 2. The van der Waals surface area contributed by atoms with Crippen molar-refractivity contribution in [2.45, 2.75) is 12.5 Å². The highest BCUT2D eigenvalue weighted by atomic mass is 16.2. The lowest BCUT2D eigenvalue weighted by atomic mass is 9.97. The monoisotopic (exact) mass is 288 g/mol. The molecule has 1 aliphatic heterocycles. The molecule has 0 unspecified atom stereocenters. The van der Waals surface area contributed by atoms with Gasteiger partial charge in [0.2, 0.25) is 5.91 Å². The smallest absolute Gasteiger partial charge is 0.247 e. The molecule has 0 radical (unpaired) electrons. The van der Waals surface area contributed by atoms with E-state index in [1.165, 1.54) is 16.3 Å². The molecule has 0 fully saturated rings. The molecule has 1 aliphatic rings. The van der Waals surface area contributed by atoms with Crippen molar-refractivity contribution in [1.29, 1.82) is 0 Å². The average molecular weight is 288 g/mol. The summed E-state index contributed by atoms with van der Waals surface area (Å²) in [7, 11) is 0. The number of rotatable bonds is 2. The minimum atomic E-state index is -0.249. The third kappa shape index (κ3) is 2.21. The van der Waals surface area contributed by atoms with Gasteiger partial charge in [0.15, 0.2) is 0 Å².